The van der Waals surface area contributed by atoms with Crippen molar-refractivity contribution in [1.29, 1.82) is 0 Å². The Balaban J connectivity index is 2.22. The van der Waals surface area contributed by atoms with Crippen molar-refractivity contribution in [1.82, 2.24) is 4.98 Å². The highest BCUT2D eigenvalue weighted by molar-refractivity contribution is 5.42. The van der Waals surface area contributed by atoms with Crippen LogP contribution in [0.1, 0.15) is 44.4 Å². The largest absolute Gasteiger partial charge is 0.396 e. The zero-order valence-corrected chi connectivity index (χ0v) is 12.4. The van der Waals surface area contributed by atoms with Crippen LogP contribution in [-0.4, -0.2) is 29.8 Å². The highest BCUT2D eigenvalue weighted by Gasteiger charge is 2.33. The van der Waals surface area contributed by atoms with Crippen LogP contribution in [0, 0.1) is 12.3 Å². The number of aryl methyl sites for hydroxylation is 2. The predicted octanol–water partition coefficient (Wildman–Crippen LogP) is 2.94. The van der Waals surface area contributed by atoms with E-state index in [0.717, 1.165) is 44.6 Å². The van der Waals surface area contributed by atoms with Crippen molar-refractivity contribution in [2.45, 2.75) is 46.5 Å². The average Bonchev–Trinajstić information content (AvgIpc) is 2.47. The summed E-state index contributed by atoms with van der Waals surface area (Å²) >= 11 is 0. The minimum absolute atomic E-state index is 0.0667. The van der Waals surface area contributed by atoms with Crippen LogP contribution in [0.15, 0.2) is 12.1 Å². The fourth-order valence-electron chi connectivity index (χ4n) is 3.03. The standard InChI is InChI=1S/C16H26N2O/c1-4-14-13(3)7-8-15(17-14)18-10-6-9-16(5-2,11-18)12-19/h7-8,19H,4-6,9-12H2,1-3H3. The van der Waals surface area contributed by atoms with Crippen molar-refractivity contribution in [3.05, 3.63) is 23.4 Å². The molecule has 1 N–H and O–H groups in total. The van der Waals surface area contributed by atoms with Gasteiger partial charge in [0, 0.05) is 24.2 Å². The van der Waals surface area contributed by atoms with E-state index in [1.54, 1.807) is 0 Å². The third kappa shape index (κ3) is 2.92. The van der Waals surface area contributed by atoms with Crippen LogP contribution in [0.25, 0.3) is 0 Å². The summed E-state index contributed by atoms with van der Waals surface area (Å²) in [4.78, 5) is 7.14. The number of aromatic nitrogens is 1. The number of piperidine rings is 1. The molecule has 1 aliphatic heterocycles. The first-order chi connectivity index (χ1) is 9.14. The Kier molecular flexibility index (Phi) is 4.46. The molecule has 0 bridgehead atoms. The summed E-state index contributed by atoms with van der Waals surface area (Å²) in [5.41, 5.74) is 2.53. The molecule has 3 nitrogen and oxygen atoms in total. The molecule has 0 saturated carbocycles. The molecule has 1 aliphatic rings. The van der Waals surface area contributed by atoms with Crippen molar-refractivity contribution >= 4 is 5.82 Å². The summed E-state index contributed by atoms with van der Waals surface area (Å²) in [6.07, 6.45) is 4.29. The lowest BCUT2D eigenvalue weighted by atomic mass is 9.78. The van der Waals surface area contributed by atoms with Gasteiger partial charge in [0.15, 0.2) is 0 Å². The van der Waals surface area contributed by atoms with Gasteiger partial charge in [-0.1, -0.05) is 19.9 Å². The number of anilines is 1. The highest BCUT2D eigenvalue weighted by atomic mass is 16.3. The van der Waals surface area contributed by atoms with Gasteiger partial charge in [-0.25, -0.2) is 4.98 Å². The first-order valence-electron chi connectivity index (χ1n) is 7.46. The molecule has 1 unspecified atom stereocenters. The second kappa shape index (κ2) is 5.91. The number of hydrogen-bond donors (Lipinski definition) is 1. The smallest absolute Gasteiger partial charge is 0.128 e. The van der Waals surface area contributed by atoms with Crippen molar-refractivity contribution < 1.29 is 5.11 Å². The fourth-order valence-corrected chi connectivity index (χ4v) is 3.03. The van der Waals surface area contributed by atoms with Crippen molar-refractivity contribution in [2.24, 2.45) is 5.41 Å². The van der Waals surface area contributed by atoms with Crippen LogP contribution in [-0.2, 0) is 6.42 Å². The summed E-state index contributed by atoms with van der Waals surface area (Å²) < 4.78 is 0. The number of nitrogens with zero attached hydrogens (tertiary/aromatic N) is 2. The SMILES string of the molecule is CCc1nc(N2CCCC(CC)(CO)C2)ccc1C. The molecule has 2 heterocycles. The summed E-state index contributed by atoms with van der Waals surface area (Å²) in [6, 6.07) is 4.29. The number of aliphatic hydroxyl groups excluding tert-OH is 1. The van der Waals surface area contributed by atoms with Gasteiger partial charge in [-0.05, 0) is 44.2 Å². The van der Waals surface area contributed by atoms with Crippen LogP contribution in [0.4, 0.5) is 5.82 Å². The maximum atomic E-state index is 9.70. The van der Waals surface area contributed by atoms with E-state index in [9.17, 15) is 5.11 Å². The lowest BCUT2D eigenvalue weighted by molar-refractivity contribution is 0.101. The quantitative estimate of drug-likeness (QED) is 0.906. The Morgan fingerprint density at radius 3 is 2.79 bits per heavy atom. The zero-order valence-electron chi connectivity index (χ0n) is 12.4. The average molecular weight is 262 g/mol. The zero-order chi connectivity index (χ0) is 13.9. The van der Waals surface area contributed by atoms with Gasteiger partial charge in [0.25, 0.3) is 0 Å². The molecule has 0 amide bonds. The second-order valence-corrected chi connectivity index (χ2v) is 5.82. The molecule has 0 spiro atoms. The fraction of sp³-hybridized carbons (Fsp3) is 0.688. The summed E-state index contributed by atoms with van der Waals surface area (Å²) in [7, 11) is 0. The molecule has 1 aromatic rings. The van der Waals surface area contributed by atoms with Gasteiger partial charge in [-0.2, -0.15) is 0 Å². The number of pyridine rings is 1. The van der Waals surface area contributed by atoms with Gasteiger partial charge < -0.3 is 10.0 Å². The molecular weight excluding hydrogens is 236 g/mol. The van der Waals surface area contributed by atoms with Gasteiger partial charge in [0.05, 0.1) is 6.61 Å². The van der Waals surface area contributed by atoms with Crippen LogP contribution >= 0.6 is 0 Å². The molecule has 0 aliphatic carbocycles. The number of aliphatic hydroxyl groups is 1. The van der Waals surface area contributed by atoms with E-state index in [1.165, 1.54) is 11.3 Å². The third-order valence-electron chi connectivity index (χ3n) is 4.59. The summed E-state index contributed by atoms with van der Waals surface area (Å²) in [6.45, 7) is 8.72. The Labute approximate surface area is 116 Å². The molecule has 3 heteroatoms. The van der Waals surface area contributed by atoms with Crippen molar-refractivity contribution in [3.63, 3.8) is 0 Å². The monoisotopic (exact) mass is 262 g/mol. The van der Waals surface area contributed by atoms with Gasteiger partial charge in [0.1, 0.15) is 5.82 Å². The van der Waals surface area contributed by atoms with E-state index in [4.69, 9.17) is 4.98 Å². The maximum absolute atomic E-state index is 9.70. The van der Waals surface area contributed by atoms with E-state index >= 15 is 0 Å². The molecule has 0 radical (unpaired) electrons. The minimum Gasteiger partial charge on any atom is -0.396 e. The molecule has 1 fully saturated rings. The second-order valence-electron chi connectivity index (χ2n) is 5.82. The molecule has 0 aromatic carbocycles. The van der Waals surface area contributed by atoms with Gasteiger partial charge in [0.2, 0.25) is 0 Å². The molecular formula is C16H26N2O. The van der Waals surface area contributed by atoms with Gasteiger partial charge >= 0.3 is 0 Å². The van der Waals surface area contributed by atoms with Crippen molar-refractivity contribution in [2.75, 3.05) is 24.6 Å². The Morgan fingerprint density at radius 2 is 2.16 bits per heavy atom. The lowest BCUT2D eigenvalue weighted by Gasteiger charge is -2.42. The third-order valence-corrected chi connectivity index (χ3v) is 4.59. The van der Waals surface area contributed by atoms with E-state index in [1.807, 2.05) is 0 Å². The van der Waals surface area contributed by atoms with E-state index in [0.29, 0.717) is 0 Å². The molecule has 19 heavy (non-hydrogen) atoms. The highest BCUT2D eigenvalue weighted by Crippen LogP contribution is 2.34. The molecule has 1 aromatic heterocycles. The topological polar surface area (TPSA) is 36.4 Å². The Hall–Kier alpha value is -1.09. The first kappa shape index (κ1) is 14.3. The van der Waals surface area contributed by atoms with Crippen molar-refractivity contribution in [3.8, 4) is 0 Å². The molecule has 2 rings (SSSR count). The van der Waals surface area contributed by atoms with Gasteiger partial charge in [-0.3, -0.25) is 0 Å². The first-order valence-corrected chi connectivity index (χ1v) is 7.46. The summed E-state index contributed by atoms with van der Waals surface area (Å²) in [5.74, 6) is 1.08. The Bertz CT molecular complexity index is 427. The predicted molar refractivity (Wildman–Crippen MR) is 79.6 cm³/mol. The van der Waals surface area contributed by atoms with E-state index in [-0.39, 0.29) is 12.0 Å². The van der Waals surface area contributed by atoms with Crippen LogP contribution in [0.2, 0.25) is 0 Å². The molecule has 1 atom stereocenters. The van der Waals surface area contributed by atoms with Crippen LogP contribution in [0.5, 0.6) is 0 Å². The lowest BCUT2D eigenvalue weighted by Crippen LogP contribution is -2.45. The van der Waals surface area contributed by atoms with Crippen LogP contribution < -0.4 is 4.90 Å². The van der Waals surface area contributed by atoms with Crippen LogP contribution in [0.3, 0.4) is 0 Å². The summed E-state index contributed by atoms with van der Waals surface area (Å²) in [5, 5.41) is 9.70. The van der Waals surface area contributed by atoms with E-state index < -0.39 is 0 Å². The molecule has 1 saturated heterocycles. The van der Waals surface area contributed by atoms with E-state index in [2.05, 4.69) is 37.8 Å². The number of hydrogen-bond acceptors (Lipinski definition) is 3. The maximum Gasteiger partial charge on any atom is 0.128 e. The normalized spacial score (nSPS) is 23.7. The minimum atomic E-state index is 0.0667. The Morgan fingerprint density at radius 1 is 1.37 bits per heavy atom. The van der Waals surface area contributed by atoms with Gasteiger partial charge in [-0.15, -0.1) is 0 Å². The molecule has 106 valence electrons. The number of rotatable bonds is 4.